The first-order valence-electron chi connectivity index (χ1n) is 9.24. The summed E-state index contributed by atoms with van der Waals surface area (Å²) in [6, 6.07) is 23.7. The van der Waals surface area contributed by atoms with E-state index in [2.05, 4.69) is 10.3 Å². The number of phenols is 1. The topological polar surface area (TPSA) is 71.5 Å². The van der Waals surface area contributed by atoms with Crippen LogP contribution in [0.4, 0.5) is 0 Å². The molecule has 1 heterocycles. The number of carbonyl (C=O) groups excluding carboxylic acids is 1. The molecule has 3 aromatic carbocycles. The van der Waals surface area contributed by atoms with Gasteiger partial charge in [0, 0.05) is 17.8 Å². The molecule has 0 aliphatic rings. The Morgan fingerprint density at radius 1 is 0.966 bits per heavy atom. The highest BCUT2D eigenvalue weighted by Gasteiger charge is 2.23. The number of phenolic OH excluding ortho intramolecular Hbond substituents is 1. The molecule has 144 valence electrons. The summed E-state index contributed by atoms with van der Waals surface area (Å²) in [5.41, 5.74) is 1.93. The quantitative estimate of drug-likeness (QED) is 0.533. The number of fused-ring (bicyclic) bond motifs is 1. The molecule has 0 bridgehead atoms. The van der Waals surface area contributed by atoms with Crippen molar-refractivity contribution in [3.63, 3.8) is 0 Å². The van der Waals surface area contributed by atoms with Gasteiger partial charge in [0.1, 0.15) is 5.75 Å². The van der Waals surface area contributed by atoms with Crippen molar-refractivity contribution in [2.75, 3.05) is 7.11 Å². The molecule has 5 nitrogen and oxygen atoms in total. The van der Waals surface area contributed by atoms with Gasteiger partial charge in [0.05, 0.1) is 18.7 Å². The van der Waals surface area contributed by atoms with Gasteiger partial charge in [0.2, 0.25) is 5.88 Å². The minimum absolute atomic E-state index is 0.130. The lowest BCUT2D eigenvalue weighted by Gasteiger charge is -2.22. The van der Waals surface area contributed by atoms with Crippen molar-refractivity contribution in [2.45, 2.75) is 6.04 Å². The number of benzene rings is 3. The van der Waals surface area contributed by atoms with Gasteiger partial charge in [-0.2, -0.15) is 0 Å². The molecule has 0 spiro atoms. The number of amides is 1. The van der Waals surface area contributed by atoms with Crippen LogP contribution in [-0.2, 0) is 0 Å². The molecule has 1 atom stereocenters. The predicted octanol–water partition coefficient (Wildman–Crippen LogP) is 4.47. The van der Waals surface area contributed by atoms with Gasteiger partial charge in [-0.3, -0.25) is 4.79 Å². The van der Waals surface area contributed by atoms with E-state index in [-0.39, 0.29) is 11.7 Å². The number of pyridine rings is 1. The normalized spacial score (nSPS) is 11.8. The minimum atomic E-state index is -0.531. The van der Waals surface area contributed by atoms with Crippen LogP contribution in [-0.4, -0.2) is 23.1 Å². The van der Waals surface area contributed by atoms with Gasteiger partial charge < -0.3 is 15.2 Å². The predicted molar refractivity (Wildman–Crippen MR) is 112 cm³/mol. The third-order valence-electron chi connectivity index (χ3n) is 4.85. The van der Waals surface area contributed by atoms with Crippen molar-refractivity contribution in [1.82, 2.24) is 10.3 Å². The molecule has 0 radical (unpaired) electrons. The summed E-state index contributed by atoms with van der Waals surface area (Å²) < 4.78 is 5.06. The molecule has 4 rings (SSSR count). The first-order chi connectivity index (χ1) is 14.2. The Morgan fingerprint density at radius 2 is 1.72 bits per heavy atom. The highest BCUT2D eigenvalue weighted by atomic mass is 16.5. The smallest absolute Gasteiger partial charge is 0.253 e. The van der Waals surface area contributed by atoms with E-state index in [9.17, 15) is 9.90 Å². The van der Waals surface area contributed by atoms with E-state index in [4.69, 9.17) is 4.74 Å². The van der Waals surface area contributed by atoms with Crippen LogP contribution in [0.1, 0.15) is 27.5 Å². The molecular weight excluding hydrogens is 364 g/mol. The van der Waals surface area contributed by atoms with E-state index in [1.54, 1.807) is 18.2 Å². The largest absolute Gasteiger partial charge is 0.508 e. The van der Waals surface area contributed by atoms with Gasteiger partial charge in [-0.25, -0.2) is 4.98 Å². The average molecular weight is 384 g/mol. The number of rotatable bonds is 5. The number of hydrogen-bond donors (Lipinski definition) is 2. The zero-order chi connectivity index (χ0) is 20.2. The summed E-state index contributed by atoms with van der Waals surface area (Å²) in [4.78, 5) is 17.1. The van der Waals surface area contributed by atoms with Gasteiger partial charge in [-0.15, -0.1) is 0 Å². The molecule has 0 aliphatic heterocycles. The van der Waals surface area contributed by atoms with E-state index in [1.165, 1.54) is 13.3 Å². The Morgan fingerprint density at radius 3 is 2.45 bits per heavy atom. The lowest BCUT2D eigenvalue weighted by molar-refractivity contribution is 0.0942. The zero-order valence-corrected chi connectivity index (χ0v) is 15.9. The van der Waals surface area contributed by atoms with Crippen molar-refractivity contribution in [2.24, 2.45) is 0 Å². The lowest BCUT2D eigenvalue weighted by atomic mass is 9.92. The molecule has 0 aliphatic carbocycles. The summed E-state index contributed by atoms with van der Waals surface area (Å²) in [6.45, 7) is 0. The molecule has 1 unspecified atom stereocenters. The first-order valence-corrected chi connectivity index (χ1v) is 9.24. The van der Waals surface area contributed by atoms with Gasteiger partial charge in [0.15, 0.2) is 0 Å². The van der Waals surface area contributed by atoms with Crippen LogP contribution in [0.15, 0.2) is 85.1 Å². The average Bonchev–Trinajstić information content (AvgIpc) is 2.78. The fourth-order valence-electron chi connectivity index (χ4n) is 3.40. The molecule has 1 amide bonds. The third kappa shape index (κ3) is 3.75. The van der Waals surface area contributed by atoms with Gasteiger partial charge in [0.25, 0.3) is 5.91 Å². The lowest BCUT2D eigenvalue weighted by Crippen LogP contribution is -2.29. The van der Waals surface area contributed by atoms with Crippen LogP contribution in [0.5, 0.6) is 11.6 Å². The molecule has 0 saturated carbocycles. The van der Waals surface area contributed by atoms with Gasteiger partial charge >= 0.3 is 0 Å². The van der Waals surface area contributed by atoms with Crippen LogP contribution in [0.25, 0.3) is 10.8 Å². The summed E-state index contributed by atoms with van der Waals surface area (Å²) in [5.74, 6) is 0.278. The maximum Gasteiger partial charge on any atom is 0.253 e. The molecule has 1 aromatic heterocycles. The Bertz CT molecular complexity index is 1140. The fraction of sp³-hybridized carbons (Fsp3) is 0.0833. The zero-order valence-electron chi connectivity index (χ0n) is 15.9. The van der Waals surface area contributed by atoms with E-state index >= 15 is 0 Å². The van der Waals surface area contributed by atoms with Gasteiger partial charge in [-0.05, 0) is 28.5 Å². The number of carbonyl (C=O) groups is 1. The van der Waals surface area contributed by atoms with Crippen LogP contribution >= 0.6 is 0 Å². The minimum Gasteiger partial charge on any atom is -0.508 e. The highest BCUT2D eigenvalue weighted by molar-refractivity contribution is 5.95. The Labute approximate surface area is 168 Å². The van der Waals surface area contributed by atoms with E-state index in [1.807, 2.05) is 60.7 Å². The number of hydrogen-bond acceptors (Lipinski definition) is 4. The Kier molecular flexibility index (Phi) is 5.12. The number of nitrogens with one attached hydrogen (secondary N) is 1. The Hall–Kier alpha value is -3.86. The van der Waals surface area contributed by atoms with Crippen molar-refractivity contribution < 1.29 is 14.6 Å². The molecule has 2 N–H and O–H groups in total. The number of methoxy groups -OCH3 is 1. The second kappa shape index (κ2) is 8.02. The number of aromatic nitrogens is 1. The Balaban J connectivity index is 1.79. The van der Waals surface area contributed by atoms with E-state index < -0.39 is 6.04 Å². The maximum absolute atomic E-state index is 13.0. The van der Waals surface area contributed by atoms with E-state index in [0.717, 1.165) is 16.3 Å². The number of nitrogens with zero attached hydrogens (tertiary/aromatic N) is 1. The van der Waals surface area contributed by atoms with Crippen molar-refractivity contribution in [3.8, 4) is 11.6 Å². The van der Waals surface area contributed by atoms with Crippen molar-refractivity contribution >= 4 is 16.7 Å². The van der Waals surface area contributed by atoms with Crippen LogP contribution < -0.4 is 10.1 Å². The highest BCUT2D eigenvalue weighted by Crippen LogP contribution is 2.36. The molecular formula is C24H20N2O3. The molecule has 0 saturated heterocycles. The summed E-state index contributed by atoms with van der Waals surface area (Å²) >= 11 is 0. The molecule has 4 aromatic rings. The SMILES string of the molecule is COc1ccc(C(=O)NC(c2ccccc2)c2c(O)ccc3ccccc23)cn1. The number of aromatic hydroxyl groups is 1. The third-order valence-corrected chi connectivity index (χ3v) is 4.85. The first kappa shape index (κ1) is 18.5. The fourth-order valence-corrected chi connectivity index (χ4v) is 3.40. The molecule has 0 fully saturated rings. The van der Waals surface area contributed by atoms with Crippen molar-refractivity contribution in [1.29, 1.82) is 0 Å². The second-order valence-corrected chi connectivity index (χ2v) is 6.63. The summed E-state index contributed by atoms with van der Waals surface area (Å²) in [5, 5.41) is 15.6. The monoisotopic (exact) mass is 384 g/mol. The van der Waals surface area contributed by atoms with Crippen LogP contribution in [0, 0.1) is 0 Å². The standard InChI is InChI=1S/C24H20N2O3/c1-29-21-14-12-18(15-25-21)24(28)26-23(17-8-3-2-4-9-17)22-19-10-6-5-7-16(19)11-13-20(22)27/h2-15,23,27H,1H3,(H,26,28). The van der Waals surface area contributed by atoms with E-state index in [0.29, 0.717) is 17.0 Å². The second-order valence-electron chi connectivity index (χ2n) is 6.63. The maximum atomic E-state index is 13.0. The summed E-state index contributed by atoms with van der Waals surface area (Å²) in [7, 11) is 1.52. The number of ether oxygens (including phenoxy) is 1. The molecule has 29 heavy (non-hydrogen) atoms. The van der Waals surface area contributed by atoms with Gasteiger partial charge in [-0.1, -0.05) is 60.7 Å². The van der Waals surface area contributed by atoms with Crippen molar-refractivity contribution in [3.05, 3.63) is 102 Å². The summed E-state index contributed by atoms with van der Waals surface area (Å²) in [6.07, 6.45) is 1.47. The molecule has 5 heteroatoms. The van der Waals surface area contributed by atoms with Crippen LogP contribution in [0.3, 0.4) is 0 Å². The van der Waals surface area contributed by atoms with Crippen LogP contribution in [0.2, 0.25) is 0 Å².